The summed E-state index contributed by atoms with van der Waals surface area (Å²) in [6.45, 7) is 0. The molecule has 3 aromatic carbocycles. The first-order chi connectivity index (χ1) is 14.6. The van der Waals surface area contributed by atoms with Crippen LogP contribution in [0.25, 0.3) is 21.8 Å². The summed E-state index contributed by atoms with van der Waals surface area (Å²) in [6.07, 6.45) is 0.264. The quantitative estimate of drug-likeness (QED) is 0.381. The molecule has 0 aliphatic carbocycles. The van der Waals surface area contributed by atoms with Gasteiger partial charge in [0.15, 0.2) is 0 Å². The number of pyridine rings is 1. The van der Waals surface area contributed by atoms with Crippen LogP contribution in [-0.2, 0) is 16.0 Å². The van der Waals surface area contributed by atoms with Crippen LogP contribution in [0.4, 0.5) is 0 Å². The van der Waals surface area contributed by atoms with Crippen molar-refractivity contribution >= 4 is 45.3 Å². The second kappa shape index (κ2) is 8.51. The highest BCUT2D eigenvalue weighted by Crippen LogP contribution is 2.26. The van der Waals surface area contributed by atoms with Crippen LogP contribution in [0.3, 0.4) is 0 Å². The number of carbonyl (C=O) groups excluding carboxylic acids is 2. The smallest absolute Gasteiger partial charge is 0.328 e. The molecule has 0 radical (unpaired) electrons. The number of aromatic nitrogens is 1. The lowest BCUT2D eigenvalue weighted by atomic mass is 10.0. The molecule has 5 nitrogen and oxygen atoms in total. The van der Waals surface area contributed by atoms with Gasteiger partial charge in [0.1, 0.15) is 6.04 Å². The zero-order valence-electron chi connectivity index (χ0n) is 16.3. The fourth-order valence-corrected chi connectivity index (χ4v) is 3.76. The topological polar surface area (TPSA) is 68.3 Å². The number of benzene rings is 3. The van der Waals surface area contributed by atoms with Crippen molar-refractivity contribution in [3.05, 3.63) is 88.9 Å². The van der Waals surface area contributed by atoms with E-state index >= 15 is 0 Å². The van der Waals surface area contributed by atoms with E-state index < -0.39 is 12.0 Å². The van der Waals surface area contributed by atoms with Gasteiger partial charge in [0.25, 0.3) is 5.91 Å². The lowest BCUT2D eigenvalue weighted by Crippen LogP contribution is -2.43. The average molecular weight is 419 g/mol. The van der Waals surface area contributed by atoms with Crippen molar-refractivity contribution in [3.8, 4) is 0 Å². The Morgan fingerprint density at radius 3 is 2.20 bits per heavy atom. The average Bonchev–Trinajstić information content (AvgIpc) is 2.76. The molecule has 0 bridgehead atoms. The van der Waals surface area contributed by atoms with Crippen LogP contribution in [0.5, 0.6) is 0 Å². The minimum Gasteiger partial charge on any atom is -0.467 e. The Bertz CT molecular complexity index is 1200. The number of esters is 1. The summed E-state index contributed by atoms with van der Waals surface area (Å²) in [5.41, 5.74) is 2.73. The SMILES string of the molecule is COC(=O)[C@H](Cc1cccc(Cl)c1)NC(=O)c1c2ccccc2nc2ccccc12. The summed E-state index contributed by atoms with van der Waals surface area (Å²) in [4.78, 5) is 30.4. The van der Waals surface area contributed by atoms with Gasteiger partial charge >= 0.3 is 5.97 Å². The van der Waals surface area contributed by atoms with Crippen molar-refractivity contribution in [3.63, 3.8) is 0 Å². The minimum absolute atomic E-state index is 0.264. The molecular weight excluding hydrogens is 400 g/mol. The second-order valence-corrected chi connectivity index (χ2v) is 7.34. The Morgan fingerprint density at radius 2 is 1.60 bits per heavy atom. The summed E-state index contributed by atoms with van der Waals surface area (Å²) in [5.74, 6) is -0.881. The number of carbonyl (C=O) groups is 2. The molecular formula is C24H19ClN2O3. The Balaban J connectivity index is 1.75. The number of amides is 1. The highest BCUT2D eigenvalue weighted by Gasteiger charge is 2.25. The molecule has 4 rings (SSSR count). The lowest BCUT2D eigenvalue weighted by molar-refractivity contribution is -0.142. The largest absolute Gasteiger partial charge is 0.467 e. The van der Waals surface area contributed by atoms with Gasteiger partial charge in [-0.1, -0.05) is 60.1 Å². The standard InChI is InChI=1S/C24H19ClN2O3/c1-30-24(29)21(14-15-7-6-8-16(25)13-15)27-23(28)22-17-9-2-4-11-19(17)26-20-12-5-3-10-18(20)22/h2-13,21H,14H2,1H3,(H,27,28)/t21-/m0/s1. The van der Waals surface area contributed by atoms with E-state index in [0.717, 1.165) is 16.3 Å². The Hall–Kier alpha value is -3.44. The molecule has 0 aliphatic rings. The number of hydrogen-bond donors (Lipinski definition) is 1. The first-order valence-electron chi connectivity index (χ1n) is 9.47. The second-order valence-electron chi connectivity index (χ2n) is 6.90. The van der Waals surface area contributed by atoms with E-state index in [4.69, 9.17) is 16.3 Å². The van der Waals surface area contributed by atoms with E-state index in [1.807, 2.05) is 54.6 Å². The molecule has 150 valence electrons. The highest BCUT2D eigenvalue weighted by molar-refractivity contribution is 6.30. The third-order valence-corrected chi connectivity index (χ3v) is 5.17. The van der Waals surface area contributed by atoms with Crippen molar-refractivity contribution < 1.29 is 14.3 Å². The van der Waals surface area contributed by atoms with Crippen LogP contribution in [0.1, 0.15) is 15.9 Å². The Kier molecular flexibility index (Phi) is 5.63. The molecule has 1 heterocycles. The number of rotatable bonds is 5. The number of hydrogen-bond acceptors (Lipinski definition) is 4. The monoisotopic (exact) mass is 418 g/mol. The van der Waals surface area contributed by atoms with Gasteiger partial charge in [-0.15, -0.1) is 0 Å². The molecule has 0 fully saturated rings. The zero-order chi connectivity index (χ0) is 21.1. The summed E-state index contributed by atoms with van der Waals surface area (Å²) >= 11 is 6.06. The lowest BCUT2D eigenvalue weighted by Gasteiger charge is -2.18. The molecule has 0 spiro atoms. The highest BCUT2D eigenvalue weighted by atomic mass is 35.5. The van der Waals surface area contributed by atoms with Crippen LogP contribution in [0.15, 0.2) is 72.8 Å². The zero-order valence-corrected chi connectivity index (χ0v) is 17.0. The van der Waals surface area contributed by atoms with Crippen LogP contribution < -0.4 is 5.32 Å². The molecule has 0 aliphatic heterocycles. The molecule has 6 heteroatoms. The molecule has 1 amide bonds. The van der Waals surface area contributed by atoms with Crippen LogP contribution in [0, 0.1) is 0 Å². The normalized spacial score (nSPS) is 11.9. The van der Waals surface area contributed by atoms with Crippen LogP contribution in [0.2, 0.25) is 5.02 Å². The molecule has 1 N–H and O–H groups in total. The minimum atomic E-state index is -0.855. The van der Waals surface area contributed by atoms with E-state index in [1.165, 1.54) is 7.11 Å². The van der Waals surface area contributed by atoms with Gasteiger partial charge in [-0.05, 0) is 29.8 Å². The predicted molar refractivity (Wildman–Crippen MR) is 118 cm³/mol. The summed E-state index contributed by atoms with van der Waals surface area (Å²) in [6, 6.07) is 21.2. The van der Waals surface area contributed by atoms with E-state index in [-0.39, 0.29) is 12.3 Å². The van der Waals surface area contributed by atoms with E-state index in [9.17, 15) is 9.59 Å². The van der Waals surface area contributed by atoms with Gasteiger partial charge in [0, 0.05) is 22.2 Å². The van der Waals surface area contributed by atoms with Gasteiger partial charge in [-0.3, -0.25) is 4.79 Å². The van der Waals surface area contributed by atoms with Gasteiger partial charge in [-0.2, -0.15) is 0 Å². The van der Waals surface area contributed by atoms with Gasteiger partial charge < -0.3 is 10.1 Å². The maximum absolute atomic E-state index is 13.4. The number of halogens is 1. The molecule has 1 aromatic heterocycles. The fourth-order valence-electron chi connectivity index (χ4n) is 3.55. The first kappa shape index (κ1) is 19.9. The maximum atomic E-state index is 13.4. The molecule has 0 unspecified atom stereocenters. The van der Waals surface area contributed by atoms with E-state index in [1.54, 1.807) is 18.2 Å². The number of nitrogens with one attached hydrogen (secondary N) is 1. The third kappa shape index (κ3) is 3.98. The molecule has 1 atom stereocenters. The van der Waals surface area contributed by atoms with Crippen molar-refractivity contribution in [2.75, 3.05) is 7.11 Å². The van der Waals surface area contributed by atoms with Crippen molar-refractivity contribution in [2.45, 2.75) is 12.5 Å². The van der Waals surface area contributed by atoms with Gasteiger partial charge in [-0.25, -0.2) is 9.78 Å². The van der Waals surface area contributed by atoms with E-state index in [2.05, 4.69) is 10.3 Å². The molecule has 0 saturated carbocycles. The number of ether oxygens (including phenoxy) is 1. The van der Waals surface area contributed by atoms with Crippen molar-refractivity contribution in [1.29, 1.82) is 0 Å². The molecule has 0 saturated heterocycles. The van der Waals surface area contributed by atoms with Crippen LogP contribution in [-0.4, -0.2) is 30.0 Å². The van der Waals surface area contributed by atoms with E-state index in [0.29, 0.717) is 21.6 Å². The maximum Gasteiger partial charge on any atom is 0.328 e. The number of para-hydroxylation sites is 2. The summed E-state index contributed by atoms with van der Waals surface area (Å²) < 4.78 is 4.93. The molecule has 4 aromatic rings. The van der Waals surface area contributed by atoms with Crippen molar-refractivity contribution in [2.24, 2.45) is 0 Å². The Morgan fingerprint density at radius 1 is 0.967 bits per heavy atom. The first-order valence-corrected chi connectivity index (χ1v) is 9.85. The number of fused-ring (bicyclic) bond motifs is 2. The molecule has 30 heavy (non-hydrogen) atoms. The fraction of sp³-hybridized carbons (Fsp3) is 0.125. The number of methoxy groups -OCH3 is 1. The van der Waals surface area contributed by atoms with Gasteiger partial charge in [0.05, 0.1) is 23.7 Å². The van der Waals surface area contributed by atoms with Crippen LogP contribution >= 0.6 is 11.6 Å². The summed E-state index contributed by atoms with van der Waals surface area (Å²) in [5, 5.41) is 4.86. The summed E-state index contributed by atoms with van der Waals surface area (Å²) in [7, 11) is 1.30. The Labute approximate surface area is 178 Å². The van der Waals surface area contributed by atoms with Gasteiger partial charge in [0.2, 0.25) is 0 Å². The predicted octanol–water partition coefficient (Wildman–Crippen LogP) is 4.56. The third-order valence-electron chi connectivity index (χ3n) is 4.93. The number of nitrogens with zero attached hydrogens (tertiary/aromatic N) is 1. The van der Waals surface area contributed by atoms with Crippen molar-refractivity contribution in [1.82, 2.24) is 10.3 Å².